The van der Waals surface area contributed by atoms with Crippen molar-refractivity contribution in [3.63, 3.8) is 0 Å². The summed E-state index contributed by atoms with van der Waals surface area (Å²) >= 11 is 0. The molecule has 206 valence electrons. The molecule has 0 atom stereocenters. The molecule has 1 aliphatic rings. The molecule has 3 aromatic carbocycles. The predicted molar refractivity (Wildman–Crippen MR) is 150 cm³/mol. The lowest BCUT2D eigenvalue weighted by molar-refractivity contribution is -0.137. The number of anilines is 1. The van der Waals surface area contributed by atoms with Gasteiger partial charge in [-0.2, -0.15) is 13.2 Å². The summed E-state index contributed by atoms with van der Waals surface area (Å²) in [7, 11) is -3.90. The molecule has 0 spiro atoms. The van der Waals surface area contributed by atoms with Gasteiger partial charge in [-0.05, 0) is 79.4 Å². The molecule has 0 aliphatic carbocycles. The molecule has 0 aromatic heterocycles. The van der Waals surface area contributed by atoms with Crippen molar-refractivity contribution in [2.45, 2.75) is 65.1 Å². The van der Waals surface area contributed by atoms with E-state index in [1.807, 2.05) is 34.6 Å². The highest BCUT2D eigenvalue weighted by molar-refractivity contribution is 7.92. The van der Waals surface area contributed by atoms with Crippen LogP contribution >= 0.6 is 0 Å². The van der Waals surface area contributed by atoms with Crippen LogP contribution in [0.2, 0.25) is 0 Å². The van der Waals surface area contributed by atoms with Crippen LogP contribution in [-0.4, -0.2) is 20.6 Å². The predicted octanol–water partition coefficient (Wildman–Crippen LogP) is 8.74. The van der Waals surface area contributed by atoms with Crippen LogP contribution in [0.25, 0.3) is 17.2 Å². The fourth-order valence-electron chi connectivity index (χ4n) is 3.97. The Bertz CT molecular complexity index is 1360. The van der Waals surface area contributed by atoms with Crippen molar-refractivity contribution < 1.29 is 26.3 Å². The fourth-order valence-corrected chi connectivity index (χ4v) is 5.68. The topological polar surface area (TPSA) is 46.6 Å². The zero-order valence-corrected chi connectivity index (χ0v) is 23.8. The summed E-state index contributed by atoms with van der Waals surface area (Å²) in [6.45, 7) is 17.2. The second kappa shape index (κ2) is 12.1. The first-order chi connectivity index (χ1) is 17.8. The number of sulfonamides is 1. The Kier molecular flexibility index (Phi) is 9.83. The highest BCUT2D eigenvalue weighted by atomic mass is 32.2. The smallest absolute Gasteiger partial charge is 0.416 e. The Morgan fingerprint density at radius 1 is 0.921 bits per heavy atom. The van der Waals surface area contributed by atoms with Crippen molar-refractivity contribution in [1.29, 1.82) is 0 Å². The maximum atomic E-state index is 13.6. The summed E-state index contributed by atoms with van der Waals surface area (Å²) in [5, 5.41) is 0. The number of halogens is 3. The molecule has 0 saturated heterocycles. The molecule has 0 saturated carbocycles. The average molecular weight is 548 g/mol. The van der Waals surface area contributed by atoms with E-state index >= 15 is 0 Å². The van der Waals surface area contributed by atoms with Crippen LogP contribution in [-0.2, 0) is 16.2 Å². The minimum Gasteiger partial charge on any atom is -0.484 e. The van der Waals surface area contributed by atoms with Gasteiger partial charge in [-0.3, -0.25) is 4.31 Å². The van der Waals surface area contributed by atoms with Crippen LogP contribution < -0.4 is 9.04 Å². The van der Waals surface area contributed by atoms with Crippen LogP contribution in [0.15, 0.2) is 72.1 Å². The van der Waals surface area contributed by atoms with Gasteiger partial charge in [-0.15, -0.1) is 0 Å². The number of ether oxygens (including phenoxy) is 1. The third kappa shape index (κ3) is 6.59. The van der Waals surface area contributed by atoms with Gasteiger partial charge in [0.1, 0.15) is 11.4 Å². The largest absolute Gasteiger partial charge is 0.484 e. The van der Waals surface area contributed by atoms with E-state index in [4.69, 9.17) is 4.74 Å². The van der Waals surface area contributed by atoms with E-state index in [-0.39, 0.29) is 11.4 Å². The standard InChI is InChI=1S/C26H24F3NO3S.2C2H6/c1-5-18-8-12-22(14-17(18)2)34(31,32)30-16-25(3,4)33-24-15-20(9-13-23(24)30)19-6-10-21(11-7-19)26(27,28)29;2*1-2/h5-15H,1,16H2,2-4H3;2*1-2H3. The average Bonchev–Trinajstić information content (AvgIpc) is 2.89. The lowest BCUT2D eigenvalue weighted by Gasteiger charge is -2.40. The van der Waals surface area contributed by atoms with E-state index in [1.165, 1.54) is 16.4 Å². The number of nitrogens with zero attached hydrogens (tertiary/aromatic N) is 1. The summed E-state index contributed by atoms with van der Waals surface area (Å²) in [4.78, 5) is 0.158. The first-order valence-corrected chi connectivity index (χ1v) is 14.0. The molecule has 0 unspecified atom stereocenters. The van der Waals surface area contributed by atoms with Gasteiger partial charge >= 0.3 is 6.18 Å². The maximum Gasteiger partial charge on any atom is 0.416 e. The minimum absolute atomic E-state index is 0.101. The van der Waals surface area contributed by atoms with Crippen LogP contribution in [0.4, 0.5) is 18.9 Å². The maximum absolute atomic E-state index is 13.6. The number of alkyl halides is 3. The highest BCUT2D eigenvalue weighted by Gasteiger charge is 2.39. The fraction of sp³-hybridized carbons (Fsp3) is 0.333. The van der Waals surface area contributed by atoms with Crippen molar-refractivity contribution in [2.75, 3.05) is 10.8 Å². The van der Waals surface area contributed by atoms with Gasteiger partial charge in [0.2, 0.25) is 0 Å². The van der Waals surface area contributed by atoms with Gasteiger partial charge in [0.15, 0.2) is 0 Å². The number of hydrogen-bond donors (Lipinski definition) is 0. The van der Waals surface area contributed by atoms with Gasteiger partial charge < -0.3 is 4.74 Å². The molecular formula is C30H36F3NO3S. The van der Waals surface area contributed by atoms with Crippen LogP contribution in [0.5, 0.6) is 5.75 Å². The molecule has 3 aromatic rings. The van der Waals surface area contributed by atoms with E-state index < -0.39 is 27.4 Å². The van der Waals surface area contributed by atoms with Gasteiger partial charge in [0.25, 0.3) is 10.0 Å². The second-order valence-corrected chi connectivity index (χ2v) is 10.7. The van der Waals surface area contributed by atoms with Crippen LogP contribution in [0, 0.1) is 6.92 Å². The molecule has 0 fully saturated rings. The van der Waals surface area contributed by atoms with Crippen LogP contribution in [0.1, 0.15) is 58.2 Å². The Labute approximate surface area is 224 Å². The number of hydrogen-bond acceptors (Lipinski definition) is 3. The molecular weight excluding hydrogens is 511 g/mol. The van der Waals surface area contributed by atoms with E-state index in [2.05, 4.69) is 6.58 Å². The number of fused-ring (bicyclic) bond motifs is 1. The minimum atomic E-state index is -4.42. The summed E-state index contributed by atoms with van der Waals surface area (Å²) < 4.78 is 73.4. The van der Waals surface area contributed by atoms with E-state index in [1.54, 1.807) is 56.3 Å². The quantitative estimate of drug-likeness (QED) is 0.328. The Balaban J connectivity index is 0.00000121. The first kappa shape index (κ1) is 31.0. The number of benzene rings is 3. The number of aryl methyl sites for hydroxylation is 1. The van der Waals surface area contributed by atoms with Gasteiger partial charge in [0, 0.05) is 0 Å². The van der Waals surface area contributed by atoms with Gasteiger partial charge in [0.05, 0.1) is 22.7 Å². The Hall–Kier alpha value is -3.26. The Morgan fingerprint density at radius 3 is 2.03 bits per heavy atom. The molecule has 1 aliphatic heterocycles. The lowest BCUT2D eigenvalue weighted by atomic mass is 10.0. The zero-order chi connectivity index (χ0) is 28.9. The number of rotatable bonds is 4. The van der Waals surface area contributed by atoms with Crippen molar-refractivity contribution in [2.24, 2.45) is 0 Å². The normalized spacial score (nSPS) is 14.1. The molecule has 4 rings (SSSR count). The molecule has 0 radical (unpaired) electrons. The molecule has 0 amide bonds. The first-order valence-electron chi connectivity index (χ1n) is 12.6. The van der Waals surface area contributed by atoms with E-state index in [9.17, 15) is 21.6 Å². The summed E-state index contributed by atoms with van der Waals surface area (Å²) in [5.41, 5.74) is 1.64. The SMILES string of the molecule is C=Cc1ccc(S(=O)(=O)N2CC(C)(C)Oc3cc(-c4ccc(C(F)(F)F)cc4)ccc32)cc1C.CC.CC. The molecule has 0 N–H and O–H groups in total. The summed E-state index contributed by atoms with van der Waals surface area (Å²) in [6, 6.07) is 14.7. The molecule has 38 heavy (non-hydrogen) atoms. The Morgan fingerprint density at radius 2 is 1.50 bits per heavy atom. The van der Waals surface area contributed by atoms with Crippen molar-refractivity contribution in [3.05, 3.63) is 83.9 Å². The summed E-state index contributed by atoms with van der Waals surface area (Å²) in [6.07, 6.45) is -2.75. The zero-order valence-electron chi connectivity index (χ0n) is 23.0. The lowest BCUT2D eigenvalue weighted by Crippen LogP contribution is -2.49. The van der Waals surface area contributed by atoms with Crippen molar-refractivity contribution in [1.82, 2.24) is 0 Å². The summed E-state index contributed by atoms with van der Waals surface area (Å²) in [5.74, 6) is 0.344. The van der Waals surface area contributed by atoms with Gasteiger partial charge in [-0.25, -0.2) is 8.42 Å². The molecule has 8 heteroatoms. The highest BCUT2D eigenvalue weighted by Crippen LogP contribution is 2.42. The van der Waals surface area contributed by atoms with E-state index in [0.29, 0.717) is 22.6 Å². The van der Waals surface area contributed by atoms with Crippen LogP contribution in [0.3, 0.4) is 0 Å². The third-order valence-electron chi connectivity index (χ3n) is 5.73. The molecule has 1 heterocycles. The van der Waals surface area contributed by atoms with E-state index in [0.717, 1.165) is 23.3 Å². The molecule has 0 bridgehead atoms. The third-order valence-corrected chi connectivity index (χ3v) is 7.49. The molecule has 4 nitrogen and oxygen atoms in total. The monoisotopic (exact) mass is 547 g/mol. The second-order valence-electron chi connectivity index (χ2n) is 8.85. The van der Waals surface area contributed by atoms with Crippen molar-refractivity contribution in [3.8, 4) is 16.9 Å². The van der Waals surface area contributed by atoms with Crippen molar-refractivity contribution >= 4 is 21.8 Å². The van der Waals surface area contributed by atoms with Gasteiger partial charge in [-0.1, -0.05) is 64.6 Å².